The van der Waals surface area contributed by atoms with E-state index in [4.69, 9.17) is 0 Å². The van der Waals surface area contributed by atoms with Crippen molar-refractivity contribution in [1.82, 2.24) is 4.98 Å². The predicted octanol–water partition coefficient (Wildman–Crippen LogP) is 2.86. The Labute approximate surface area is 85.4 Å². The van der Waals surface area contributed by atoms with Gasteiger partial charge in [0, 0.05) is 18.3 Å². The van der Waals surface area contributed by atoms with Gasteiger partial charge >= 0.3 is 0 Å². The lowest BCUT2D eigenvalue weighted by Crippen LogP contribution is -2.00. The summed E-state index contributed by atoms with van der Waals surface area (Å²) < 4.78 is 0. The second kappa shape index (κ2) is 4.89. The maximum Gasteiger partial charge on any atom is 0.129 e. The number of rotatable bonds is 4. The van der Waals surface area contributed by atoms with Gasteiger partial charge in [0.2, 0.25) is 0 Å². The van der Waals surface area contributed by atoms with Crippen molar-refractivity contribution in [3.8, 4) is 0 Å². The van der Waals surface area contributed by atoms with Crippen molar-refractivity contribution in [3.05, 3.63) is 29.6 Å². The first kappa shape index (κ1) is 10.9. The van der Waals surface area contributed by atoms with Crippen molar-refractivity contribution in [1.29, 1.82) is 0 Å². The van der Waals surface area contributed by atoms with E-state index in [1.807, 2.05) is 19.2 Å². The SMILES string of the molecule is CC(=O)CCC(C)c1ccc(C)cn1. The Morgan fingerprint density at radius 1 is 1.50 bits per heavy atom. The summed E-state index contributed by atoms with van der Waals surface area (Å²) in [6.07, 6.45) is 3.42. The summed E-state index contributed by atoms with van der Waals surface area (Å²) in [5.41, 5.74) is 2.25. The average Bonchev–Trinajstić information content (AvgIpc) is 2.15. The highest BCUT2D eigenvalue weighted by Gasteiger charge is 2.07. The molecular weight excluding hydrogens is 174 g/mol. The first-order valence-electron chi connectivity index (χ1n) is 5.01. The van der Waals surface area contributed by atoms with Crippen LogP contribution >= 0.6 is 0 Å². The smallest absolute Gasteiger partial charge is 0.129 e. The molecule has 0 N–H and O–H groups in total. The number of carbonyl (C=O) groups is 1. The molecule has 0 aromatic carbocycles. The number of hydrogen-bond acceptors (Lipinski definition) is 2. The highest BCUT2D eigenvalue weighted by atomic mass is 16.1. The number of carbonyl (C=O) groups excluding carboxylic acids is 1. The second-order valence-corrected chi connectivity index (χ2v) is 3.90. The van der Waals surface area contributed by atoms with Crippen molar-refractivity contribution in [2.75, 3.05) is 0 Å². The third kappa shape index (κ3) is 3.29. The van der Waals surface area contributed by atoms with Crippen molar-refractivity contribution < 1.29 is 4.79 Å². The van der Waals surface area contributed by atoms with Gasteiger partial charge in [-0.3, -0.25) is 4.98 Å². The fraction of sp³-hybridized carbons (Fsp3) is 0.500. The van der Waals surface area contributed by atoms with Crippen LogP contribution in [0.5, 0.6) is 0 Å². The summed E-state index contributed by atoms with van der Waals surface area (Å²) in [6.45, 7) is 5.77. The van der Waals surface area contributed by atoms with Crippen LogP contribution in [-0.2, 0) is 4.79 Å². The molecule has 2 heteroatoms. The molecule has 0 aliphatic rings. The van der Waals surface area contributed by atoms with Crippen LogP contribution in [0, 0.1) is 6.92 Å². The molecule has 14 heavy (non-hydrogen) atoms. The van der Waals surface area contributed by atoms with E-state index >= 15 is 0 Å². The van der Waals surface area contributed by atoms with Crippen LogP contribution < -0.4 is 0 Å². The monoisotopic (exact) mass is 191 g/mol. The van der Waals surface area contributed by atoms with Crippen molar-refractivity contribution in [3.63, 3.8) is 0 Å². The van der Waals surface area contributed by atoms with E-state index in [9.17, 15) is 4.79 Å². The van der Waals surface area contributed by atoms with Gasteiger partial charge in [-0.1, -0.05) is 13.0 Å². The Kier molecular flexibility index (Phi) is 3.81. The topological polar surface area (TPSA) is 30.0 Å². The molecule has 0 amide bonds. The average molecular weight is 191 g/mol. The number of pyridine rings is 1. The van der Waals surface area contributed by atoms with E-state index in [1.54, 1.807) is 6.92 Å². The van der Waals surface area contributed by atoms with Gasteiger partial charge in [-0.2, -0.15) is 0 Å². The van der Waals surface area contributed by atoms with Crippen LogP contribution in [0.15, 0.2) is 18.3 Å². The summed E-state index contributed by atoms with van der Waals surface area (Å²) in [5, 5.41) is 0. The molecule has 76 valence electrons. The largest absolute Gasteiger partial charge is 0.300 e. The van der Waals surface area contributed by atoms with Gasteiger partial charge < -0.3 is 4.79 Å². The fourth-order valence-corrected chi connectivity index (χ4v) is 1.34. The number of nitrogens with zero attached hydrogens (tertiary/aromatic N) is 1. The molecule has 1 heterocycles. The van der Waals surface area contributed by atoms with Gasteiger partial charge in [-0.25, -0.2) is 0 Å². The van der Waals surface area contributed by atoms with Crippen LogP contribution in [0.4, 0.5) is 0 Å². The van der Waals surface area contributed by atoms with E-state index in [2.05, 4.69) is 18.0 Å². The lowest BCUT2D eigenvalue weighted by molar-refractivity contribution is -0.117. The molecule has 0 aliphatic heterocycles. The van der Waals surface area contributed by atoms with Gasteiger partial charge in [-0.15, -0.1) is 0 Å². The molecule has 0 fully saturated rings. The molecule has 0 bridgehead atoms. The number of aromatic nitrogens is 1. The molecule has 0 saturated carbocycles. The Balaban J connectivity index is 2.56. The van der Waals surface area contributed by atoms with E-state index < -0.39 is 0 Å². The summed E-state index contributed by atoms with van der Waals surface area (Å²) in [6, 6.07) is 4.10. The van der Waals surface area contributed by atoms with Crippen molar-refractivity contribution >= 4 is 5.78 Å². The van der Waals surface area contributed by atoms with E-state index in [1.165, 1.54) is 5.56 Å². The van der Waals surface area contributed by atoms with Gasteiger partial charge in [0.1, 0.15) is 5.78 Å². The lowest BCUT2D eigenvalue weighted by Gasteiger charge is -2.09. The molecule has 1 rings (SSSR count). The third-order valence-electron chi connectivity index (χ3n) is 2.37. The maximum absolute atomic E-state index is 10.8. The number of hydrogen-bond donors (Lipinski definition) is 0. The van der Waals surface area contributed by atoms with Gasteiger partial charge in [0.25, 0.3) is 0 Å². The molecule has 1 aromatic rings. The van der Waals surface area contributed by atoms with E-state index in [0.29, 0.717) is 12.3 Å². The number of aryl methyl sites for hydroxylation is 1. The molecule has 0 spiro atoms. The van der Waals surface area contributed by atoms with E-state index in [0.717, 1.165) is 12.1 Å². The van der Waals surface area contributed by atoms with E-state index in [-0.39, 0.29) is 5.78 Å². The van der Waals surface area contributed by atoms with Gasteiger partial charge in [0.15, 0.2) is 0 Å². The minimum absolute atomic E-state index is 0.254. The zero-order valence-corrected chi connectivity index (χ0v) is 9.08. The van der Waals surface area contributed by atoms with Crippen LogP contribution in [0.2, 0.25) is 0 Å². The molecule has 0 radical (unpaired) electrons. The Hall–Kier alpha value is -1.18. The first-order chi connectivity index (χ1) is 6.59. The number of Topliss-reactive ketones (excluding diaryl/α,β-unsaturated/α-hetero) is 1. The summed E-state index contributed by atoms with van der Waals surface area (Å²) in [5.74, 6) is 0.628. The maximum atomic E-state index is 10.8. The lowest BCUT2D eigenvalue weighted by atomic mass is 9.99. The Bertz CT molecular complexity index is 303. The van der Waals surface area contributed by atoms with Crippen LogP contribution in [0.3, 0.4) is 0 Å². The molecule has 0 saturated heterocycles. The normalized spacial score (nSPS) is 12.5. The molecule has 1 atom stereocenters. The van der Waals surface area contributed by atoms with Crippen LogP contribution in [0.1, 0.15) is 43.9 Å². The minimum atomic E-state index is 0.254. The highest BCUT2D eigenvalue weighted by molar-refractivity contribution is 5.75. The minimum Gasteiger partial charge on any atom is -0.300 e. The Morgan fingerprint density at radius 3 is 2.71 bits per heavy atom. The summed E-state index contributed by atoms with van der Waals surface area (Å²) >= 11 is 0. The highest BCUT2D eigenvalue weighted by Crippen LogP contribution is 2.18. The zero-order chi connectivity index (χ0) is 10.6. The molecule has 1 aromatic heterocycles. The molecular formula is C12H17NO. The second-order valence-electron chi connectivity index (χ2n) is 3.90. The number of ketones is 1. The standard InChI is InChI=1S/C12H17NO/c1-9-4-7-12(13-8-9)10(2)5-6-11(3)14/h4,7-8,10H,5-6H2,1-3H3. The quantitative estimate of drug-likeness (QED) is 0.732. The first-order valence-corrected chi connectivity index (χ1v) is 5.01. The fourth-order valence-electron chi connectivity index (χ4n) is 1.34. The van der Waals surface area contributed by atoms with Gasteiger partial charge in [-0.05, 0) is 37.8 Å². The van der Waals surface area contributed by atoms with Crippen molar-refractivity contribution in [2.24, 2.45) is 0 Å². The van der Waals surface area contributed by atoms with Crippen molar-refractivity contribution in [2.45, 2.75) is 39.5 Å². The summed E-state index contributed by atoms with van der Waals surface area (Å²) in [7, 11) is 0. The third-order valence-corrected chi connectivity index (χ3v) is 2.37. The Morgan fingerprint density at radius 2 is 2.21 bits per heavy atom. The molecule has 2 nitrogen and oxygen atoms in total. The molecule has 1 unspecified atom stereocenters. The molecule has 0 aliphatic carbocycles. The zero-order valence-electron chi connectivity index (χ0n) is 9.08. The van der Waals surface area contributed by atoms with Gasteiger partial charge in [0.05, 0.1) is 0 Å². The predicted molar refractivity (Wildman–Crippen MR) is 57.3 cm³/mol. The van der Waals surface area contributed by atoms with Crippen LogP contribution in [-0.4, -0.2) is 10.8 Å². The summed E-state index contributed by atoms with van der Waals surface area (Å²) in [4.78, 5) is 15.2. The van der Waals surface area contributed by atoms with Crippen LogP contribution in [0.25, 0.3) is 0 Å².